The van der Waals surface area contributed by atoms with Crippen LogP contribution in [0.2, 0.25) is 0 Å². The number of carbonyl (C=O) groups is 2. The van der Waals surface area contributed by atoms with E-state index in [2.05, 4.69) is 0 Å². The molecule has 0 radical (unpaired) electrons. The first-order valence-electron chi connectivity index (χ1n) is 4.83. The molecule has 0 spiro atoms. The van der Waals surface area contributed by atoms with Crippen LogP contribution in [0.1, 0.15) is 6.42 Å². The molecule has 0 atom stereocenters. The minimum atomic E-state index is -0.988. The largest absolute Gasteiger partial charge is 0.369 e. The zero-order chi connectivity index (χ0) is 14.6. The number of hydrogen-bond donors (Lipinski definition) is 2. The number of amides is 2. The molecule has 2 amide bonds. The van der Waals surface area contributed by atoms with E-state index in [0.717, 1.165) is 12.1 Å². The molecule has 1 rings (SSSR count). The van der Waals surface area contributed by atoms with Crippen LogP contribution in [-0.4, -0.2) is 21.7 Å². The third kappa shape index (κ3) is 3.46. The Morgan fingerprint density at radius 2 is 1.84 bits per heavy atom. The quantitative estimate of drug-likeness (QED) is 0.444. The lowest BCUT2D eigenvalue weighted by Gasteiger charge is -2.04. The number of rotatable bonds is 5. The molecule has 0 bridgehead atoms. The number of para-hydroxylation sites is 1. The van der Waals surface area contributed by atoms with Gasteiger partial charge in [0.1, 0.15) is 12.1 Å². The van der Waals surface area contributed by atoms with E-state index in [1.807, 2.05) is 5.32 Å². The van der Waals surface area contributed by atoms with Crippen molar-refractivity contribution in [1.82, 2.24) is 0 Å². The fraction of sp³-hybridized carbons (Fsp3) is 0.111. The summed E-state index contributed by atoms with van der Waals surface area (Å²) >= 11 is 0. The molecule has 0 unspecified atom stereocenters. The first kappa shape index (κ1) is 14.0. The highest BCUT2D eigenvalue weighted by molar-refractivity contribution is 6.04. The number of primary amides is 1. The third-order valence-electron chi connectivity index (χ3n) is 2.00. The Balaban J connectivity index is 3.17. The van der Waals surface area contributed by atoms with Gasteiger partial charge in [-0.25, -0.2) is 0 Å². The smallest absolute Gasteiger partial charge is 0.369 e. The number of carbonyl (C=O) groups excluding carboxylic acids is 2. The van der Waals surface area contributed by atoms with Crippen molar-refractivity contribution < 1.29 is 19.4 Å². The number of nitro benzene ring substituents is 2. The zero-order valence-electron chi connectivity index (χ0n) is 9.36. The van der Waals surface area contributed by atoms with Crippen molar-refractivity contribution in [2.45, 2.75) is 6.42 Å². The molecule has 3 N–H and O–H groups in total. The van der Waals surface area contributed by atoms with E-state index in [-0.39, 0.29) is 5.69 Å². The summed E-state index contributed by atoms with van der Waals surface area (Å²) in [6, 6.07) is 3.22. The summed E-state index contributed by atoms with van der Waals surface area (Å²) in [7, 11) is 0. The van der Waals surface area contributed by atoms with Gasteiger partial charge in [-0.2, -0.15) is 0 Å². The minimum Gasteiger partial charge on any atom is -0.369 e. The number of anilines is 1. The van der Waals surface area contributed by atoms with Gasteiger partial charge in [-0.05, 0) is 6.07 Å². The highest BCUT2D eigenvalue weighted by atomic mass is 16.6. The Morgan fingerprint density at radius 3 is 2.32 bits per heavy atom. The van der Waals surface area contributed by atoms with Gasteiger partial charge in [0.15, 0.2) is 0 Å². The topological polar surface area (TPSA) is 158 Å². The van der Waals surface area contributed by atoms with E-state index in [1.165, 1.54) is 6.07 Å². The van der Waals surface area contributed by atoms with Crippen LogP contribution in [-0.2, 0) is 9.59 Å². The lowest BCUT2D eigenvalue weighted by atomic mass is 10.2. The molecule has 0 saturated heterocycles. The number of hydrogen-bond acceptors (Lipinski definition) is 6. The molecular formula is C9H8N4O6. The van der Waals surface area contributed by atoms with Crippen LogP contribution in [0.25, 0.3) is 0 Å². The molecule has 10 nitrogen and oxygen atoms in total. The number of nitro groups is 2. The summed E-state index contributed by atoms with van der Waals surface area (Å²) in [5, 5.41) is 23.5. The normalized spacial score (nSPS) is 9.68. The average molecular weight is 268 g/mol. The molecule has 0 aromatic heterocycles. The van der Waals surface area contributed by atoms with E-state index < -0.39 is 39.5 Å². The molecule has 0 saturated carbocycles. The van der Waals surface area contributed by atoms with Crippen molar-refractivity contribution in [3.05, 3.63) is 38.4 Å². The molecule has 0 fully saturated rings. The van der Waals surface area contributed by atoms with Crippen LogP contribution in [0.5, 0.6) is 0 Å². The Bertz CT molecular complexity index is 570. The Morgan fingerprint density at radius 1 is 1.21 bits per heavy atom. The van der Waals surface area contributed by atoms with E-state index in [0.29, 0.717) is 0 Å². The van der Waals surface area contributed by atoms with E-state index in [1.54, 1.807) is 0 Å². The third-order valence-corrected chi connectivity index (χ3v) is 2.00. The molecule has 100 valence electrons. The van der Waals surface area contributed by atoms with Crippen molar-refractivity contribution >= 4 is 28.9 Å². The van der Waals surface area contributed by atoms with Crippen molar-refractivity contribution in [3.8, 4) is 0 Å². The molecule has 10 heteroatoms. The Labute approximate surface area is 105 Å². The molecule has 0 aliphatic heterocycles. The molecule has 19 heavy (non-hydrogen) atoms. The predicted molar refractivity (Wildman–Crippen MR) is 62.2 cm³/mol. The second-order valence-electron chi connectivity index (χ2n) is 3.38. The van der Waals surface area contributed by atoms with Crippen LogP contribution in [0.4, 0.5) is 17.1 Å². The molecule has 1 aromatic carbocycles. The summed E-state index contributed by atoms with van der Waals surface area (Å²) in [4.78, 5) is 41.3. The van der Waals surface area contributed by atoms with Crippen molar-refractivity contribution in [3.63, 3.8) is 0 Å². The van der Waals surface area contributed by atoms with Crippen molar-refractivity contribution in [2.75, 3.05) is 5.32 Å². The second-order valence-corrected chi connectivity index (χ2v) is 3.38. The first-order chi connectivity index (χ1) is 8.82. The van der Waals surface area contributed by atoms with E-state index in [4.69, 9.17) is 5.73 Å². The van der Waals surface area contributed by atoms with Crippen molar-refractivity contribution in [2.24, 2.45) is 5.73 Å². The second kappa shape index (κ2) is 5.53. The van der Waals surface area contributed by atoms with Crippen LogP contribution in [0, 0.1) is 20.2 Å². The van der Waals surface area contributed by atoms with E-state index in [9.17, 15) is 29.8 Å². The Kier molecular flexibility index (Phi) is 4.08. The van der Waals surface area contributed by atoms with Gasteiger partial charge in [0, 0.05) is 6.07 Å². The number of nitrogens with one attached hydrogen (secondary N) is 1. The van der Waals surface area contributed by atoms with Gasteiger partial charge < -0.3 is 11.1 Å². The highest BCUT2D eigenvalue weighted by Gasteiger charge is 2.29. The molecule has 0 aliphatic rings. The fourth-order valence-corrected chi connectivity index (χ4v) is 1.32. The molecule has 0 heterocycles. The van der Waals surface area contributed by atoms with Gasteiger partial charge in [0.2, 0.25) is 11.8 Å². The molecule has 0 aliphatic carbocycles. The van der Waals surface area contributed by atoms with Gasteiger partial charge in [0.05, 0.1) is 9.85 Å². The van der Waals surface area contributed by atoms with Crippen molar-refractivity contribution in [1.29, 1.82) is 0 Å². The average Bonchev–Trinajstić information content (AvgIpc) is 2.26. The van der Waals surface area contributed by atoms with Gasteiger partial charge in [-0.15, -0.1) is 0 Å². The summed E-state index contributed by atoms with van der Waals surface area (Å²) in [5.74, 6) is -1.82. The number of benzene rings is 1. The zero-order valence-corrected chi connectivity index (χ0v) is 9.36. The lowest BCUT2D eigenvalue weighted by Crippen LogP contribution is -2.22. The van der Waals surface area contributed by atoms with Gasteiger partial charge in [0.25, 0.3) is 0 Å². The number of nitrogens with zero attached hydrogens (tertiary/aromatic N) is 2. The standard InChI is InChI=1S/C9H8N4O6/c10-7(14)4-8(15)11-5-2-1-3-6(12(16)17)9(5)13(18)19/h1-3H,4H2,(H2,10,14)(H,11,15). The molecular weight excluding hydrogens is 260 g/mol. The highest BCUT2D eigenvalue weighted by Crippen LogP contribution is 2.34. The van der Waals surface area contributed by atoms with Crippen LogP contribution >= 0.6 is 0 Å². The Hall–Kier alpha value is -3.04. The van der Waals surface area contributed by atoms with Gasteiger partial charge in [-0.3, -0.25) is 29.8 Å². The van der Waals surface area contributed by atoms with E-state index >= 15 is 0 Å². The SMILES string of the molecule is NC(=O)CC(=O)Nc1cccc([N+](=O)[O-])c1[N+](=O)[O-]. The summed E-state index contributed by atoms with van der Waals surface area (Å²) in [5.41, 5.74) is 2.79. The summed E-state index contributed by atoms with van der Waals surface area (Å²) < 4.78 is 0. The lowest BCUT2D eigenvalue weighted by molar-refractivity contribution is -0.421. The summed E-state index contributed by atoms with van der Waals surface area (Å²) in [6.07, 6.45) is -0.681. The minimum absolute atomic E-state index is 0.370. The maximum Gasteiger partial charge on any atom is 0.369 e. The van der Waals surface area contributed by atoms with Gasteiger partial charge >= 0.3 is 11.4 Å². The maximum atomic E-state index is 11.3. The van der Waals surface area contributed by atoms with Gasteiger partial charge in [-0.1, -0.05) is 6.07 Å². The fourth-order valence-electron chi connectivity index (χ4n) is 1.32. The monoisotopic (exact) mass is 268 g/mol. The van der Waals surface area contributed by atoms with Crippen LogP contribution in [0.15, 0.2) is 18.2 Å². The first-order valence-corrected chi connectivity index (χ1v) is 4.83. The number of nitrogens with two attached hydrogens (primary N) is 1. The maximum absolute atomic E-state index is 11.3. The van der Waals surface area contributed by atoms with Crippen LogP contribution < -0.4 is 11.1 Å². The predicted octanol–water partition coefficient (Wildman–Crippen LogP) is 0.317. The molecule has 1 aromatic rings. The summed E-state index contributed by atoms with van der Waals surface area (Å²) in [6.45, 7) is 0. The van der Waals surface area contributed by atoms with Crippen LogP contribution in [0.3, 0.4) is 0 Å².